The van der Waals surface area contributed by atoms with Crippen molar-refractivity contribution in [3.05, 3.63) is 40.7 Å². The summed E-state index contributed by atoms with van der Waals surface area (Å²) in [5.74, 6) is 2.31. The van der Waals surface area contributed by atoms with Crippen molar-refractivity contribution in [2.75, 3.05) is 33.9 Å². The van der Waals surface area contributed by atoms with Gasteiger partial charge in [0.25, 0.3) is 0 Å². The zero-order valence-corrected chi connectivity index (χ0v) is 18.9. The van der Waals surface area contributed by atoms with Crippen LogP contribution in [0.1, 0.15) is 49.2 Å². The Morgan fingerprint density at radius 3 is 2.60 bits per heavy atom. The minimum absolute atomic E-state index is 0.609. The Labute approximate surface area is 180 Å². The lowest BCUT2D eigenvalue weighted by Gasteiger charge is -2.41. The van der Waals surface area contributed by atoms with Crippen molar-refractivity contribution >= 4 is 0 Å². The zero-order chi connectivity index (χ0) is 21.1. The standard InChI is InChI=1S/C24H36N4O2/c1-17(2)10-20-13-21(26-25-20)15-27-8-5-6-22(16-27)28-9-7-18-11-23(29-3)24(30-4)12-19(18)14-28/h11-13,17,22H,5-10,14-16H2,1-4H3,(H,25,26). The van der Waals surface area contributed by atoms with Gasteiger partial charge in [0.1, 0.15) is 0 Å². The first-order valence-electron chi connectivity index (χ1n) is 11.3. The van der Waals surface area contributed by atoms with Crippen LogP contribution in [-0.2, 0) is 25.9 Å². The molecule has 0 aliphatic carbocycles. The second-order valence-electron chi connectivity index (χ2n) is 9.21. The average molecular weight is 413 g/mol. The SMILES string of the molecule is COc1cc2c(cc1OC)CN(C1CCCN(Cc3cc(CC(C)C)n[nH]3)C1)CC2. The number of hydrogen-bond donors (Lipinski definition) is 1. The topological polar surface area (TPSA) is 53.6 Å². The molecule has 30 heavy (non-hydrogen) atoms. The highest BCUT2D eigenvalue weighted by Gasteiger charge is 2.29. The summed E-state index contributed by atoms with van der Waals surface area (Å²) in [6.07, 6.45) is 4.65. The van der Waals surface area contributed by atoms with Crippen LogP contribution in [0.5, 0.6) is 11.5 Å². The molecule has 0 spiro atoms. The van der Waals surface area contributed by atoms with Crippen LogP contribution in [0.4, 0.5) is 0 Å². The lowest BCUT2D eigenvalue weighted by molar-refractivity contribution is 0.0831. The number of benzene rings is 1. The first kappa shape index (κ1) is 21.2. The summed E-state index contributed by atoms with van der Waals surface area (Å²) in [6, 6.07) is 7.19. The van der Waals surface area contributed by atoms with Crippen LogP contribution in [0.25, 0.3) is 0 Å². The molecule has 2 aliphatic heterocycles. The summed E-state index contributed by atoms with van der Waals surface area (Å²) in [7, 11) is 3.42. The lowest BCUT2D eigenvalue weighted by Crippen LogP contribution is -2.49. The van der Waals surface area contributed by atoms with E-state index in [9.17, 15) is 0 Å². The van der Waals surface area contributed by atoms with Gasteiger partial charge in [-0.25, -0.2) is 0 Å². The van der Waals surface area contributed by atoms with Crippen molar-refractivity contribution in [2.24, 2.45) is 5.92 Å². The molecule has 1 aromatic carbocycles. The minimum Gasteiger partial charge on any atom is -0.493 e. The van der Waals surface area contributed by atoms with Crippen molar-refractivity contribution < 1.29 is 9.47 Å². The molecule has 0 saturated carbocycles. The fourth-order valence-corrected chi connectivity index (χ4v) is 4.94. The molecule has 3 heterocycles. The van der Waals surface area contributed by atoms with Crippen LogP contribution < -0.4 is 9.47 Å². The average Bonchev–Trinajstić information content (AvgIpc) is 3.18. The Morgan fingerprint density at radius 1 is 1.10 bits per heavy atom. The monoisotopic (exact) mass is 412 g/mol. The van der Waals surface area contributed by atoms with Crippen molar-refractivity contribution in [2.45, 2.75) is 58.7 Å². The molecular formula is C24H36N4O2. The molecular weight excluding hydrogens is 376 g/mol. The number of likely N-dealkylation sites (tertiary alicyclic amines) is 1. The maximum Gasteiger partial charge on any atom is 0.161 e. The molecule has 0 bridgehead atoms. The second kappa shape index (κ2) is 9.40. The molecule has 0 amide bonds. The summed E-state index contributed by atoms with van der Waals surface area (Å²) in [6.45, 7) is 9.86. The highest BCUT2D eigenvalue weighted by atomic mass is 16.5. The van der Waals surface area contributed by atoms with E-state index in [4.69, 9.17) is 9.47 Å². The fraction of sp³-hybridized carbons (Fsp3) is 0.625. The van der Waals surface area contributed by atoms with Crippen LogP contribution in [0.3, 0.4) is 0 Å². The number of hydrogen-bond acceptors (Lipinski definition) is 5. The van der Waals surface area contributed by atoms with Gasteiger partial charge in [-0.15, -0.1) is 0 Å². The highest BCUT2D eigenvalue weighted by Crippen LogP contribution is 2.34. The van der Waals surface area contributed by atoms with Gasteiger partial charge in [0, 0.05) is 37.9 Å². The van der Waals surface area contributed by atoms with Crippen LogP contribution in [-0.4, -0.2) is 59.9 Å². The molecule has 1 unspecified atom stereocenters. The Kier molecular flexibility index (Phi) is 6.64. The van der Waals surface area contributed by atoms with Crippen LogP contribution in [0.2, 0.25) is 0 Å². The third kappa shape index (κ3) is 4.81. The Bertz CT molecular complexity index is 848. The van der Waals surface area contributed by atoms with E-state index in [2.05, 4.69) is 52.0 Å². The number of methoxy groups -OCH3 is 2. The molecule has 6 nitrogen and oxygen atoms in total. The number of piperidine rings is 1. The molecule has 2 aliphatic rings. The quantitative estimate of drug-likeness (QED) is 0.752. The van der Waals surface area contributed by atoms with E-state index in [1.807, 2.05) is 0 Å². The van der Waals surface area contributed by atoms with Crippen molar-refractivity contribution in [3.8, 4) is 11.5 Å². The van der Waals surface area contributed by atoms with E-state index in [0.717, 1.165) is 50.5 Å². The predicted molar refractivity (Wildman–Crippen MR) is 119 cm³/mol. The largest absolute Gasteiger partial charge is 0.493 e. The highest BCUT2D eigenvalue weighted by molar-refractivity contribution is 5.48. The molecule has 0 radical (unpaired) electrons. The van der Waals surface area contributed by atoms with Gasteiger partial charge in [0.2, 0.25) is 0 Å². The molecule has 2 aromatic rings. The van der Waals surface area contributed by atoms with E-state index in [1.165, 1.54) is 41.9 Å². The van der Waals surface area contributed by atoms with E-state index in [-0.39, 0.29) is 0 Å². The van der Waals surface area contributed by atoms with Gasteiger partial charge in [0.15, 0.2) is 11.5 Å². The summed E-state index contributed by atoms with van der Waals surface area (Å²) in [4.78, 5) is 5.25. The molecule has 1 saturated heterocycles. The summed E-state index contributed by atoms with van der Waals surface area (Å²) in [5.41, 5.74) is 5.20. The van der Waals surface area contributed by atoms with Gasteiger partial charge in [0.05, 0.1) is 19.9 Å². The molecule has 164 valence electrons. The number of aromatic nitrogens is 2. The smallest absolute Gasteiger partial charge is 0.161 e. The number of H-pyrrole nitrogens is 1. The van der Waals surface area contributed by atoms with Gasteiger partial charge < -0.3 is 9.47 Å². The molecule has 1 atom stereocenters. The number of nitrogens with zero attached hydrogens (tertiary/aromatic N) is 3. The molecule has 4 rings (SSSR count). The molecule has 1 N–H and O–H groups in total. The lowest BCUT2D eigenvalue weighted by atomic mass is 9.95. The van der Waals surface area contributed by atoms with Crippen LogP contribution in [0, 0.1) is 5.92 Å². The third-order valence-electron chi connectivity index (χ3n) is 6.44. The van der Waals surface area contributed by atoms with Crippen molar-refractivity contribution in [1.29, 1.82) is 0 Å². The minimum atomic E-state index is 0.609. The maximum absolute atomic E-state index is 5.53. The van der Waals surface area contributed by atoms with Gasteiger partial charge >= 0.3 is 0 Å². The van der Waals surface area contributed by atoms with Gasteiger partial charge in [-0.2, -0.15) is 5.10 Å². The number of ether oxygens (including phenoxy) is 2. The van der Waals surface area contributed by atoms with Gasteiger partial charge in [-0.1, -0.05) is 13.8 Å². The number of nitrogens with one attached hydrogen (secondary N) is 1. The van der Waals surface area contributed by atoms with Gasteiger partial charge in [-0.3, -0.25) is 14.9 Å². The first-order chi connectivity index (χ1) is 14.6. The molecule has 1 aromatic heterocycles. The Hall–Kier alpha value is -2.05. The summed E-state index contributed by atoms with van der Waals surface area (Å²) in [5, 5.41) is 7.76. The van der Waals surface area contributed by atoms with E-state index < -0.39 is 0 Å². The van der Waals surface area contributed by atoms with E-state index in [0.29, 0.717) is 12.0 Å². The number of aromatic amines is 1. The Morgan fingerprint density at radius 2 is 1.87 bits per heavy atom. The molecule has 1 fully saturated rings. The fourth-order valence-electron chi connectivity index (χ4n) is 4.94. The van der Waals surface area contributed by atoms with Crippen LogP contribution >= 0.6 is 0 Å². The normalized spacial score (nSPS) is 20.4. The van der Waals surface area contributed by atoms with Gasteiger partial charge in [-0.05, 0) is 67.5 Å². The predicted octanol–water partition coefficient (Wildman–Crippen LogP) is 3.65. The van der Waals surface area contributed by atoms with Crippen molar-refractivity contribution in [1.82, 2.24) is 20.0 Å². The van der Waals surface area contributed by atoms with Crippen LogP contribution in [0.15, 0.2) is 18.2 Å². The maximum atomic E-state index is 5.53. The second-order valence-corrected chi connectivity index (χ2v) is 9.21. The number of fused-ring (bicyclic) bond motifs is 1. The van der Waals surface area contributed by atoms with E-state index in [1.54, 1.807) is 14.2 Å². The number of rotatable bonds is 7. The summed E-state index contributed by atoms with van der Waals surface area (Å²) >= 11 is 0. The summed E-state index contributed by atoms with van der Waals surface area (Å²) < 4.78 is 11.0. The first-order valence-corrected chi connectivity index (χ1v) is 11.3. The zero-order valence-electron chi connectivity index (χ0n) is 18.9. The van der Waals surface area contributed by atoms with E-state index >= 15 is 0 Å². The van der Waals surface area contributed by atoms with Crippen molar-refractivity contribution in [3.63, 3.8) is 0 Å². The Balaban J connectivity index is 1.38. The third-order valence-corrected chi connectivity index (χ3v) is 6.44. The molecule has 6 heteroatoms.